The highest BCUT2D eigenvalue weighted by atomic mass is 19.1. The van der Waals surface area contributed by atoms with Crippen molar-refractivity contribution in [3.8, 4) is 0 Å². The molecule has 0 atom stereocenters. The second-order valence-electron chi connectivity index (χ2n) is 7.00. The van der Waals surface area contributed by atoms with Gasteiger partial charge in [-0.05, 0) is 55.8 Å². The summed E-state index contributed by atoms with van der Waals surface area (Å²) in [5.74, 6) is -0.924. The monoisotopic (exact) mass is 381 g/mol. The second-order valence-corrected chi connectivity index (χ2v) is 7.00. The van der Waals surface area contributed by atoms with Crippen LogP contribution >= 0.6 is 0 Å². The Labute approximate surface area is 164 Å². The third-order valence-electron chi connectivity index (χ3n) is 4.91. The molecule has 0 aliphatic carbocycles. The summed E-state index contributed by atoms with van der Waals surface area (Å²) in [5, 5.41) is 2.80. The molecule has 1 aliphatic heterocycles. The molecule has 1 fully saturated rings. The molecular weight excluding hydrogens is 357 g/mol. The summed E-state index contributed by atoms with van der Waals surface area (Å²) in [4.78, 5) is 25.7. The summed E-state index contributed by atoms with van der Waals surface area (Å²) in [7, 11) is 0. The maximum Gasteiger partial charge on any atom is 0.248 e. The van der Waals surface area contributed by atoms with Crippen molar-refractivity contribution in [3.63, 3.8) is 0 Å². The highest BCUT2D eigenvalue weighted by Gasteiger charge is 2.22. The van der Waals surface area contributed by atoms with Crippen molar-refractivity contribution in [2.45, 2.75) is 19.4 Å². The number of amides is 2. The number of nitrogens with one attached hydrogen (secondary N) is 1. The molecule has 2 aromatic carbocycles. The van der Waals surface area contributed by atoms with Crippen LogP contribution in [-0.4, -0.2) is 29.8 Å². The van der Waals surface area contributed by atoms with Crippen LogP contribution in [0.3, 0.4) is 0 Å². The summed E-state index contributed by atoms with van der Waals surface area (Å²) in [6.07, 6.45) is 4.34. The van der Waals surface area contributed by atoms with Gasteiger partial charge in [-0.25, -0.2) is 4.39 Å². The number of anilines is 1. The number of benzene rings is 2. The van der Waals surface area contributed by atoms with Crippen LogP contribution in [0.4, 0.5) is 10.1 Å². The van der Waals surface area contributed by atoms with Crippen molar-refractivity contribution in [1.29, 1.82) is 0 Å². The fraction of sp³-hybridized carbons (Fsp3) is 0.273. The third kappa shape index (κ3) is 5.50. The minimum atomic E-state index is -0.367. The molecule has 5 nitrogen and oxygen atoms in total. The molecule has 0 saturated carbocycles. The van der Waals surface area contributed by atoms with E-state index >= 15 is 0 Å². The molecule has 3 rings (SSSR count). The van der Waals surface area contributed by atoms with Crippen LogP contribution < -0.4 is 11.1 Å². The fourth-order valence-corrected chi connectivity index (χ4v) is 3.34. The first-order valence-electron chi connectivity index (χ1n) is 9.35. The highest BCUT2D eigenvalue weighted by Crippen LogP contribution is 2.20. The lowest BCUT2D eigenvalue weighted by Crippen LogP contribution is -2.38. The molecule has 0 unspecified atom stereocenters. The van der Waals surface area contributed by atoms with Crippen LogP contribution in [0, 0.1) is 11.7 Å². The van der Waals surface area contributed by atoms with Crippen LogP contribution in [-0.2, 0) is 16.1 Å². The van der Waals surface area contributed by atoms with Gasteiger partial charge in [-0.3, -0.25) is 14.5 Å². The van der Waals surface area contributed by atoms with Gasteiger partial charge < -0.3 is 11.1 Å². The maximum atomic E-state index is 13.6. The van der Waals surface area contributed by atoms with Gasteiger partial charge in [0.2, 0.25) is 11.8 Å². The topological polar surface area (TPSA) is 75.4 Å². The standard InChI is InChI=1S/C22H24FN3O2/c23-20-7-2-1-5-17(20)8-9-21(27)25-19-6-3-4-16(14-19)15-26-12-10-18(11-13-26)22(24)28/h1-9,14,18H,10-13,15H2,(H2,24,28)(H,25,27). The number of nitrogens with zero attached hydrogens (tertiary/aromatic N) is 1. The van der Waals surface area contributed by atoms with E-state index in [1.165, 1.54) is 18.2 Å². The summed E-state index contributed by atoms with van der Waals surface area (Å²) in [5.41, 5.74) is 7.51. The second kappa shape index (κ2) is 9.28. The molecule has 146 valence electrons. The number of carbonyl (C=O) groups is 2. The molecule has 1 aliphatic rings. The average Bonchev–Trinajstić information content (AvgIpc) is 2.68. The number of piperidine rings is 1. The summed E-state index contributed by atoms with van der Waals surface area (Å²) in [6, 6.07) is 13.9. The molecule has 0 spiro atoms. The number of hydrogen-bond acceptors (Lipinski definition) is 3. The summed E-state index contributed by atoms with van der Waals surface area (Å²) >= 11 is 0. The normalized spacial score (nSPS) is 15.6. The minimum absolute atomic E-state index is 0.0249. The van der Waals surface area contributed by atoms with E-state index in [9.17, 15) is 14.0 Å². The number of nitrogens with two attached hydrogens (primary N) is 1. The van der Waals surface area contributed by atoms with Crippen LogP contribution in [0.15, 0.2) is 54.6 Å². The van der Waals surface area contributed by atoms with E-state index < -0.39 is 0 Å². The van der Waals surface area contributed by atoms with Gasteiger partial charge in [0.15, 0.2) is 0 Å². The Kier molecular flexibility index (Phi) is 6.55. The Bertz CT molecular complexity index is 874. The lowest BCUT2D eigenvalue weighted by molar-refractivity contribution is -0.123. The van der Waals surface area contributed by atoms with Crippen molar-refractivity contribution < 1.29 is 14.0 Å². The number of rotatable bonds is 6. The Balaban J connectivity index is 1.55. The van der Waals surface area contributed by atoms with Gasteiger partial charge >= 0.3 is 0 Å². The Hall–Kier alpha value is -2.99. The van der Waals surface area contributed by atoms with E-state index in [-0.39, 0.29) is 23.5 Å². The van der Waals surface area contributed by atoms with E-state index in [2.05, 4.69) is 10.2 Å². The molecule has 1 saturated heterocycles. The van der Waals surface area contributed by atoms with Crippen LogP contribution in [0.1, 0.15) is 24.0 Å². The molecule has 6 heteroatoms. The SMILES string of the molecule is NC(=O)C1CCN(Cc2cccc(NC(=O)C=Cc3ccccc3F)c2)CC1. The lowest BCUT2D eigenvalue weighted by atomic mass is 9.96. The average molecular weight is 381 g/mol. The largest absolute Gasteiger partial charge is 0.369 e. The maximum absolute atomic E-state index is 13.6. The Morgan fingerprint density at radius 3 is 2.61 bits per heavy atom. The molecule has 0 aromatic heterocycles. The molecule has 3 N–H and O–H groups in total. The van der Waals surface area contributed by atoms with Gasteiger partial charge in [0.05, 0.1) is 0 Å². The Morgan fingerprint density at radius 1 is 1.14 bits per heavy atom. The molecule has 2 amide bonds. The summed E-state index contributed by atoms with van der Waals surface area (Å²) < 4.78 is 13.6. The molecule has 2 aromatic rings. The van der Waals surface area contributed by atoms with E-state index in [1.54, 1.807) is 18.2 Å². The third-order valence-corrected chi connectivity index (χ3v) is 4.91. The van der Waals surface area contributed by atoms with Gasteiger partial charge in [0.25, 0.3) is 0 Å². The Morgan fingerprint density at radius 2 is 1.89 bits per heavy atom. The smallest absolute Gasteiger partial charge is 0.248 e. The molecule has 0 radical (unpaired) electrons. The van der Waals surface area contributed by atoms with Crippen molar-refractivity contribution in [2.24, 2.45) is 11.7 Å². The van der Waals surface area contributed by atoms with E-state index in [0.717, 1.165) is 38.0 Å². The number of carbonyl (C=O) groups excluding carboxylic acids is 2. The van der Waals surface area contributed by atoms with Crippen molar-refractivity contribution in [2.75, 3.05) is 18.4 Å². The van der Waals surface area contributed by atoms with Crippen molar-refractivity contribution in [1.82, 2.24) is 4.90 Å². The first-order chi connectivity index (χ1) is 13.5. The zero-order valence-corrected chi connectivity index (χ0v) is 15.6. The van der Waals surface area contributed by atoms with Gasteiger partial charge in [-0.2, -0.15) is 0 Å². The van der Waals surface area contributed by atoms with E-state index in [0.29, 0.717) is 11.3 Å². The van der Waals surface area contributed by atoms with Crippen LogP contribution in [0.25, 0.3) is 6.08 Å². The lowest BCUT2D eigenvalue weighted by Gasteiger charge is -2.30. The molecule has 0 bridgehead atoms. The number of primary amides is 1. The quantitative estimate of drug-likeness (QED) is 0.755. The summed E-state index contributed by atoms with van der Waals surface area (Å²) in [6.45, 7) is 2.41. The van der Waals surface area contributed by atoms with Gasteiger partial charge in [0.1, 0.15) is 5.82 Å². The minimum Gasteiger partial charge on any atom is -0.369 e. The number of likely N-dealkylation sites (tertiary alicyclic amines) is 1. The van der Waals surface area contributed by atoms with Gasteiger partial charge in [-0.1, -0.05) is 30.3 Å². The predicted molar refractivity (Wildman–Crippen MR) is 108 cm³/mol. The highest BCUT2D eigenvalue weighted by molar-refractivity contribution is 6.01. The first kappa shape index (κ1) is 19.8. The fourth-order valence-electron chi connectivity index (χ4n) is 3.34. The zero-order valence-electron chi connectivity index (χ0n) is 15.6. The zero-order chi connectivity index (χ0) is 19.9. The molecule has 28 heavy (non-hydrogen) atoms. The van der Waals surface area contributed by atoms with E-state index in [1.807, 2.05) is 24.3 Å². The van der Waals surface area contributed by atoms with E-state index in [4.69, 9.17) is 5.73 Å². The molecule has 1 heterocycles. The van der Waals surface area contributed by atoms with Crippen LogP contribution in [0.2, 0.25) is 0 Å². The number of hydrogen-bond donors (Lipinski definition) is 2. The van der Waals surface area contributed by atoms with Crippen LogP contribution in [0.5, 0.6) is 0 Å². The van der Waals surface area contributed by atoms with Gasteiger partial charge in [0, 0.05) is 29.8 Å². The van der Waals surface area contributed by atoms with Crippen molar-refractivity contribution >= 4 is 23.6 Å². The first-order valence-corrected chi connectivity index (χ1v) is 9.35. The van der Waals surface area contributed by atoms with Crippen molar-refractivity contribution in [3.05, 3.63) is 71.6 Å². The predicted octanol–water partition coefficient (Wildman–Crippen LogP) is 3.17. The molecular formula is C22H24FN3O2. The van der Waals surface area contributed by atoms with Gasteiger partial charge in [-0.15, -0.1) is 0 Å². The number of halogens is 1.